The molecule has 0 N–H and O–H groups in total. The fourth-order valence-corrected chi connectivity index (χ4v) is 12.1. The van der Waals surface area contributed by atoms with Crippen molar-refractivity contribution in [1.29, 1.82) is 0 Å². The zero-order valence-electron chi connectivity index (χ0n) is 27.2. The van der Waals surface area contributed by atoms with E-state index in [1.54, 1.807) is 12.1 Å². The van der Waals surface area contributed by atoms with Crippen molar-refractivity contribution in [2.24, 2.45) is 46.3 Å². The first-order valence-electron chi connectivity index (χ1n) is 17.4. The van der Waals surface area contributed by atoms with Gasteiger partial charge in [0.05, 0.1) is 22.7 Å². The lowest BCUT2D eigenvalue weighted by Gasteiger charge is -2.60. The summed E-state index contributed by atoms with van der Waals surface area (Å²) in [5.41, 5.74) is 1.04. The van der Waals surface area contributed by atoms with Gasteiger partial charge in [-0.25, -0.2) is 5.01 Å². The number of imide groups is 1. The van der Waals surface area contributed by atoms with Crippen molar-refractivity contribution in [2.75, 3.05) is 0 Å². The molecule has 11 atom stereocenters. The monoisotopic (exact) mass is 588 g/mol. The highest BCUT2D eigenvalue weighted by Gasteiger charge is 2.81. The molecule has 7 rings (SSSR count). The van der Waals surface area contributed by atoms with Crippen LogP contribution in [0.1, 0.15) is 133 Å². The second-order valence-electron chi connectivity index (χ2n) is 16.3. The van der Waals surface area contributed by atoms with Crippen LogP contribution in [0.15, 0.2) is 24.3 Å². The maximum atomic E-state index is 13.8. The second-order valence-corrected chi connectivity index (χ2v) is 16.3. The van der Waals surface area contributed by atoms with Crippen molar-refractivity contribution in [2.45, 2.75) is 130 Å². The smallest absolute Gasteiger partial charge is 0.302 e. The van der Waals surface area contributed by atoms with Gasteiger partial charge in [-0.3, -0.25) is 14.4 Å². The summed E-state index contributed by atoms with van der Waals surface area (Å²) in [4.78, 5) is 39.8. The van der Waals surface area contributed by atoms with E-state index >= 15 is 0 Å². The van der Waals surface area contributed by atoms with Crippen molar-refractivity contribution in [3.8, 4) is 0 Å². The van der Waals surface area contributed by atoms with Gasteiger partial charge >= 0.3 is 5.97 Å². The van der Waals surface area contributed by atoms with Crippen molar-refractivity contribution in [1.82, 2.24) is 10.0 Å². The summed E-state index contributed by atoms with van der Waals surface area (Å²) >= 11 is 0. The maximum Gasteiger partial charge on any atom is 0.302 e. The van der Waals surface area contributed by atoms with Crippen LogP contribution in [0.5, 0.6) is 0 Å². The van der Waals surface area contributed by atoms with E-state index < -0.39 is 0 Å². The molecular formula is C37H52N2O4. The largest absolute Gasteiger partial charge is 0.462 e. The summed E-state index contributed by atoms with van der Waals surface area (Å²) in [6.07, 6.45) is 12.6. The number of carbonyl (C=O) groups is 3. The Morgan fingerprint density at radius 2 is 1.65 bits per heavy atom. The highest BCUT2D eigenvalue weighted by molar-refractivity contribution is 6.21. The zero-order valence-corrected chi connectivity index (χ0v) is 27.2. The Hall–Kier alpha value is -2.21. The molecule has 234 valence electrons. The predicted molar refractivity (Wildman–Crippen MR) is 166 cm³/mol. The van der Waals surface area contributed by atoms with Crippen molar-refractivity contribution in [3.05, 3.63) is 35.4 Å². The van der Waals surface area contributed by atoms with E-state index in [1.165, 1.54) is 56.9 Å². The molecule has 0 aromatic heterocycles. The molecule has 1 aromatic rings. The van der Waals surface area contributed by atoms with Crippen LogP contribution in [0.3, 0.4) is 0 Å². The summed E-state index contributed by atoms with van der Waals surface area (Å²) in [6, 6.07) is 7.39. The summed E-state index contributed by atoms with van der Waals surface area (Å²) < 4.78 is 5.86. The molecular weight excluding hydrogens is 536 g/mol. The average molecular weight is 589 g/mol. The average Bonchev–Trinajstić information content (AvgIpc) is 3.29. The lowest BCUT2D eigenvalue weighted by molar-refractivity contribution is -0.157. The number of nitrogens with zero attached hydrogens (tertiary/aromatic N) is 2. The number of fused-ring (bicyclic) bond motifs is 5. The van der Waals surface area contributed by atoms with Crippen molar-refractivity contribution in [3.63, 3.8) is 0 Å². The van der Waals surface area contributed by atoms with Gasteiger partial charge < -0.3 is 4.74 Å². The van der Waals surface area contributed by atoms with Crippen LogP contribution in [-0.2, 0) is 9.53 Å². The van der Waals surface area contributed by atoms with Crippen molar-refractivity contribution >= 4 is 17.8 Å². The third-order valence-corrected chi connectivity index (χ3v) is 14.0. The Morgan fingerprint density at radius 1 is 0.953 bits per heavy atom. The molecule has 2 aliphatic heterocycles. The minimum absolute atomic E-state index is 0.0329. The van der Waals surface area contributed by atoms with Crippen LogP contribution in [0.2, 0.25) is 0 Å². The SMILES string of the molecule is CC(=O)O[C@H]1CC[C@]2(C)[C@H]3CC[C@]4(C)[C@@H]([C@H](C)CCCC(C)C)CC[C@H]4[C@@H]3C[C@@H]3N(N4C(=O)c5ccccc5C4=O)[C@@]32C1. The first-order valence-corrected chi connectivity index (χ1v) is 17.4. The van der Waals surface area contributed by atoms with E-state index in [4.69, 9.17) is 4.74 Å². The van der Waals surface area contributed by atoms with E-state index in [-0.39, 0.29) is 40.9 Å². The van der Waals surface area contributed by atoms with Crippen LogP contribution < -0.4 is 0 Å². The van der Waals surface area contributed by atoms with E-state index in [2.05, 4.69) is 39.6 Å². The minimum atomic E-state index is -0.324. The number of amides is 2. The highest BCUT2D eigenvalue weighted by Crippen LogP contribution is 2.76. The Labute approximate surface area is 258 Å². The minimum Gasteiger partial charge on any atom is -0.462 e. The first kappa shape index (κ1) is 29.5. The number of carbonyl (C=O) groups excluding carboxylic acids is 3. The van der Waals surface area contributed by atoms with Crippen molar-refractivity contribution < 1.29 is 19.1 Å². The van der Waals surface area contributed by atoms with Crippen LogP contribution in [0.25, 0.3) is 0 Å². The van der Waals surface area contributed by atoms with Crippen LogP contribution in [0, 0.1) is 46.3 Å². The fraction of sp³-hybridized carbons (Fsp3) is 0.757. The Morgan fingerprint density at radius 3 is 2.30 bits per heavy atom. The lowest BCUT2D eigenvalue weighted by atomic mass is 9.44. The maximum absolute atomic E-state index is 13.8. The molecule has 43 heavy (non-hydrogen) atoms. The van der Waals surface area contributed by atoms with Crippen LogP contribution in [-0.4, -0.2) is 45.5 Å². The molecule has 2 heterocycles. The van der Waals surface area contributed by atoms with Gasteiger partial charge in [0.2, 0.25) is 0 Å². The number of rotatable bonds is 7. The molecule has 4 aliphatic carbocycles. The Bertz CT molecular complexity index is 1290. The van der Waals surface area contributed by atoms with E-state index in [9.17, 15) is 14.4 Å². The normalized spacial score (nSPS) is 43.4. The molecule has 0 radical (unpaired) electrons. The van der Waals surface area contributed by atoms with E-state index in [1.807, 2.05) is 12.1 Å². The zero-order chi connectivity index (χ0) is 30.5. The number of hydrogen-bond donors (Lipinski definition) is 0. The number of esters is 1. The molecule has 2 amide bonds. The number of benzene rings is 1. The Balaban J connectivity index is 1.21. The van der Waals surface area contributed by atoms with Gasteiger partial charge in [-0.2, -0.15) is 5.01 Å². The predicted octanol–water partition coefficient (Wildman–Crippen LogP) is 7.67. The topological polar surface area (TPSA) is 66.7 Å². The van der Waals surface area contributed by atoms with Gasteiger partial charge in [0, 0.05) is 13.3 Å². The van der Waals surface area contributed by atoms with E-state index in [0.29, 0.717) is 40.7 Å². The molecule has 0 bridgehead atoms. The summed E-state index contributed by atoms with van der Waals surface area (Å²) in [6.45, 7) is 13.8. The fourth-order valence-electron chi connectivity index (χ4n) is 12.1. The molecule has 6 aliphatic rings. The summed E-state index contributed by atoms with van der Waals surface area (Å²) in [5.74, 6) is 3.59. The van der Waals surface area contributed by atoms with Gasteiger partial charge in [0.1, 0.15) is 6.10 Å². The molecule has 4 saturated carbocycles. The molecule has 5 fully saturated rings. The molecule has 1 aromatic carbocycles. The van der Waals surface area contributed by atoms with Gasteiger partial charge in [-0.15, -0.1) is 0 Å². The molecule has 1 spiro atoms. The van der Waals surface area contributed by atoms with Crippen LogP contribution in [0.4, 0.5) is 0 Å². The Kier molecular flexibility index (Phi) is 6.97. The number of ether oxygens (including phenoxy) is 1. The van der Waals surface area contributed by atoms with Crippen LogP contribution >= 0.6 is 0 Å². The molecule has 1 unspecified atom stereocenters. The summed E-state index contributed by atoms with van der Waals surface area (Å²) in [5, 5.41) is 3.72. The molecule has 6 heteroatoms. The van der Waals surface area contributed by atoms with Gasteiger partial charge in [-0.05, 0) is 103 Å². The second kappa shape index (κ2) is 10.2. The summed E-state index contributed by atoms with van der Waals surface area (Å²) in [7, 11) is 0. The molecule has 1 saturated heterocycles. The third-order valence-electron chi connectivity index (χ3n) is 14.0. The van der Waals surface area contributed by atoms with Gasteiger partial charge in [0.25, 0.3) is 11.8 Å². The van der Waals surface area contributed by atoms with Gasteiger partial charge in [-0.1, -0.05) is 66.0 Å². The molecule has 6 nitrogen and oxygen atoms in total. The highest BCUT2D eigenvalue weighted by atomic mass is 16.5. The first-order chi connectivity index (χ1) is 20.4. The third kappa shape index (κ3) is 4.10. The standard InChI is InChI=1S/C37H52N2O4/c1-22(2)10-9-11-23(3)29-14-15-30-28-20-32-37(39(32)38-33(41)26-12-7-8-13-27(26)34(38)42)21-25(43-24(4)40)16-19-36(37,6)31(28)17-18-35(29,30)5/h7-8,12-13,22-23,25,28-32H,9-11,14-21H2,1-6H3/t23-,25+,28+,29-,30+,31+,32+,35-,36-,37+,39?/m1/s1. The lowest BCUT2D eigenvalue weighted by Crippen LogP contribution is -2.60. The van der Waals surface area contributed by atoms with Gasteiger partial charge in [0.15, 0.2) is 0 Å². The van der Waals surface area contributed by atoms with E-state index in [0.717, 1.165) is 37.0 Å². The number of hydrazine groups is 1. The number of hydrogen-bond acceptors (Lipinski definition) is 5. The quantitative estimate of drug-likeness (QED) is 0.186.